The molecule has 0 radical (unpaired) electrons. The molecule has 0 heterocycles. The van der Waals surface area contributed by atoms with E-state index in [0.717, 1.165) is 6.07 Å². The van der Waals surface area contributed by atoms with Crippen LogP contribution in [0.1, 0.15) is 11.1 Å². The van der Waals surface area contributed by atoms with Crippen LogP contribution in [0.25, 0.3) is 11.1 Å². The summed E-state index contributed by atoms with van der Waals surface area (Å²) in [7, 11) is 0. The summed E-state index contributed by atoms with van der Waals surface area (Å²) in [6, 6.07) is 26.4. The SMILES string of the molecule is OC(CN(Cc1cccc(-c2ccccc2C(F)(F)F)c1)c1cccc(Oc2ccccc2)c1)C(F)(F)F. The second-order valence-corrected chi connectivity index (χ2v) is 8.59. The number of aliphatic hydroxyl groups is 1. The molecule has 0 bridgehead atoms. The zero-order valence-corrected chi connectivity index (χ0v) is 19.9. The van der Waals surface area contributed by atoms with Gasteiger partial charge in [-0.3, -0.25) is 0 Å². The topological polar surface area (TPSA) is 32.7 Å². The van der Waals surface area contributed by atoms with Gasteiger partial charge in [0.05, 0.1) is 12.1 Å². The zero-order valence-electron chi connectivity index (χ0n) is 19.9. The number of anilines is 1. The van der Waals surface area contributed by atoms with Gasteiger partial charge < -0.3 is 14.7 Å². The Morgan fingerprint density at radius 1 is 0.711 bits per heavy atom. The average Bonchev–Trinajstić information content (AvgIpc) is 2.88. The monoisotopic (exact) mass is 531 g/mol. The molecule has 3 nitrogen and oxygen atoms in total. The molecule has 0 fully saturated rings. The van der Waals surface area contributed by atoms with Crippen molar-refractivity contribution in [2.75, 3.05) is 11.4 Å². The molecule has 4 aromatic carbocycles. The smallest absolute Gasteiger partial charge is 0.417 e. The Morgan fingerprint density at radius 3 is 2.08 bits per heavy atom. The van der Waals surface area contributed by atoms with Crippen LogP contribution in [-0.4, -0.2) is 23.9 Å². The van der Waals surface area contributed by atoms with Crippen molar-refractivity contribution in [2.24, 2.45) is 0 Å². The normalized spacial score (nSPS) is 12.7. The number of ether oxygens (including phenoxy) is 1. The van der Waals surface area contributed by atoms with Crippen molar-refractivity contribution in [1.29, 1.82) is 0 Å². The fourth-order valence-corrected chi connectivity index (χ4v) is 3.98. The first-order chi connectivity index (χ1) is 18.0. The van der Waals surface area contributed by atoms with Gasteiger partial charge in [-0.15, -0.1) is 0 Å². The third kappa shape index (κ3) is 6.86. The molecule has 0 aliphatic heterocycles. The van der Waals surface area contributed by atoms with Crippen LogP contribution in [-0.2, 0) is 12.7 Å². The molecule has 0 spiro atoms. The Balaban J connectivity index is 1.67. The summed E-state index contributed by atoms with van der Waals surface area (Å²) >= 11 is 0. The standard InChI is InChI=1S/C29H23F6NO2/c30-28(31,32)26-15-5-4-14-25(26)21-9-6-8-20(16-21)18-36(19-27(37)29(33,34)35)22-10-7-13-24(17-22)38-23-11-2-1-3-12-23/h1-17,27,37H,18-19H2. The highest BCUT2D eigenvalue weighted by Gasteiger charge is 2.39. The molecule has 1 atom stereocenters. The van der Waals surface area contributed by atoms with Crippen molar-refractivity contribution in [3.05, 3.63) is 114 Å². The number of benzene rings is 4. The highest BCUT2D eigenvalue weighted by atomic mass is 19.4. The maximum Gasteiger partial charge on any atom is 0.417 e. The molecule has 0 saturated heterocycles. The molecule has 198 valence electrons. The number of nitrogens with zero attached hydrogens (tertiary/aromatic N) is 1. The molecule has 4 rings (SSSR count). The van der Waals surface area contributed by atoms with E-state index in [-0.39, 0.29) is 17.7 Å². The van der Waals surface area contributed by atoms with Crippen molar-refractivity contribution < 1.29 is 36.2 Å². The average molecular weight is 531 g/mol. The van der Waals surface area contributed by atoms with Gasteiger partial charge >= 0.3 is 12.4 Å². The summed E-state index contributed by atoms with van der Waals surface area (Å²) in [5, 5.41) is 9.84. The van der Waals surface area contributed by atoms with Crippen molar-refractivity contribution in [3.8, 4) is 22.6 Å². The quantitative estimate of drug-likeness (QED) is 0.233. The molecular weight excluding hydrogens is 508 g/mol. The summed E-state index contributed by atoms with van der Waals surface area (Å²) in [4.78, 5) is 1.31. The third-order valence-electron chi connectivity index (χ3n) is 5.78. The van der Waals surface area contributed by atoms with E-state index >= 15 is 0 Å². The van der Waals surface area contributed by atoms with E-state index in [1.54, 1.807) is 60.7 Å². The number of alkyl halides is 6. The number of rotatable bonds is 8. The summed E-state index contributed by atoms with van der Waals surface area (Å²) in [6.45, 7) is -0.897. The minimum atomic E-state index is -4.86. The summed E-state index contributed by atoms with van der Waals surface area (Å²) in [5.41, 5.74) is 0.216. The number of hydrogen-bond acceptors (Lipinski definition) is 3. The van der Waals surface area contributed by atoms with E-state index in [1.165, 1.54) is 35.2 Å². The first kappa shape index (κ1) is 27.1. The van der Waals surface area contributed by atoms with Crippen molar-refractivity contribution >= 4 is 5.69 Å². The third-order valence-corrected chi connectivity index (χ3v) is 5.78. The van der Waals surface area contributed by atoms with Crippen LogP contribution in [0.5, 0.6) is 11.5 Å². The van der Waals surface area contributed by atoms with E-state index in [2.05, 4.69) is 0 Å². The molecule has 38 heavy (non-hydrogen) atoms. The van der Waals surface area contributed by atoms with E-state index in [0.29, 0.717) is 22.7 Å². The molecule has 0 aliphatic rings. The van der Waals surface area contributed by atoms with Gasteiger partial charge in [0.2, 0.25) is 0 Å². The van der Waals surface area contributed by atoms with E-state index in [9.17, 15) is 31.4 Å². The second-order valence-electron chi connectivity index (χ2n) is 8.59. The minimum Gasteiger partial charge on any atom is -0.457 e. The number of para-hydroxylation sites is 1. The van der Waals surface area contributed by atoms with Gasteiger partial charge in [0.25, 0.3) is 0 Å². The van der Waals surface area contributed by atoms with E-state index in [4.69, 9.17) is 4.74 Å². The number of hydrogen-bond donors (Lipinski definition) is 1. The second kappa shape index (κ2) is 11.2. The summed E-state index contributed by atoms with van der Waals surface area (Å²) in [5.74, 6) is 0.899. The molecule has 0 amide bonds. The summed E-state index contributed by atoms with van der Waals surface area (Å²) < 4.78 is 86.3. The van der Waals surface area contributed by atoms with Gasteiger partial charge in [-0.05, 0) is 53.1 Å². The van der Waals surface area contributed by atoms with E-state index < -0.39 is 30.6 Å². The lowest BCUT2D eigenvalue weighted by Crippen LogP contribution is -2.40. The highest BCUT2D eigenvalue weighted by molar-refractivity contribution is 5.69. The lowest BCUT2D eigenvalue weighted by atomic mass is 9.97. The van der Waals surface area contributed by atoms with Gasteiger partial charge in [0.1, 0.15) is 11.5 Å². The fraction of sp³-hybridized carbons (Fsp3) is 0.172. The van der Waals surface area contributed by atoms with Crippen LogP contribution >= 0.6 is 0 Å². The molecule has 4 aromatic rings. The maximum absolute atomic E-state index is 13.6. The lowest BCUT2D eigenvalue weighted by molar-refractivity contribution is -0.200. The van der Waals surface area contributed by atoms with E-state index in [1.807, 2.05) is 6.07 Å². The summed E-state index contributed by atoms with van der Waals surface area (Å²) in [6.07, 6.45) is -12.1. The predicted molar refractivity (Wildman–Crippen MR) is 133 cm³/mol. The minimum absolute atomic E-state index is 0.0398. The predicted octanol–water partition coefficient (Wildman–Crippen LogP) is 8.09. The molecule has 1 N–H and O–H groups in total. The Labute approximate surface area is 215 Å². The van der Waals surface area contributed by atoms with Crippen LogP contribution in [0, 0.1) is 0 Å². The molecule has 9 heteroatoms. The highest BCUT2D eigenvalue weighted by Crippen LogP contribution is 2.37. The zero-order chi connectivity index (χ0) is 27.3. The molecule has 1 unspecified atom stereocenters. The molecule has 0 aromatic heterocycles. The Kier molecular flexibility index (Phi) is 7.97. The van der Waals surface area contributed by atoms with Crippen molar-refractivity contribution in [3.63, 3.8) is 0 Å². The Hall–Kier alpha value is -3.98. The van der Waals surface area contributed by atoms with Gasteiger partial charge in [-0.1, -0.05) is 60.7 Å². The van der Waals surface area contributed by atoms with Crippen molar-refractivity contribution in [2.45, 2.75) is 25.0 Å². The molecule has 0 saturated carbocycles. The Morgan fingerprint density at radius 2 is 1.37 bits per heavy atom. The maximum atomic E-state index is 13.6. The van der Waals surface area contributed by atoms with Crippen LogP contribution in [0.3, 0.4) is 0 Å². The number of halogens is 6. The van der Waals surface area contributed by atoms with Crippen LogP contribution in [0.4, 0.5) is 32.0 Å². The van der Waals surface area contributed by atoms with Gasteiger partial charge in [0, 0.05) is 18.3 Å². The van der Waals surface area contributed by atoms with Crippen LogP contribution < -0.4 is 9.64 Å². The van der Waals surface area contributed by atoms with Crippen molar-refractivity contribution in [1.82, 2.24) is 0 Å². The first-order valence-corrected chi connectivity index (χ1v) is 11.6. The number of aliphatic hydroxyl groups excluding tert-OH is 1. The Bertz CT molecular complexity index is 1360. The van der Waals surface area contributed by atoms with Crippen LogP contribution in [0.15, 0.2) is 103 Å². The van der Waals surface area contributed by atoms with Gasteiger partial charge in [0.15, 0.2) is 6.10 Å². The van der Waals surface area contributed by atoms with Gasteiger partial charge in [-0.25, -0.2) is 0 Å². The first-order valence-electron chi connectivity index (χ1n) is 11.6. The fourth-order valence-electron chi connectivity index (χ4n) is 3.98. The molecular formula is C29H23F6NO2. The van der Waals surface area contributed by atoms with Gasteiger partial charge in [-0.2, -0.15) is 26.3 Å². The largest absolute Gasteiger partial charge is 0.457 e. The lowest BCUT2D eigenvalue weighted by Gasteiger charge is -2.29. The molecule has 0 aliphatic carbocycles. The van der Waals surface area contributed by atoms with Crippen LogP contribution in [0.2, 0.25) is 0 Å².